The fraction of sp³-hybridized carbons (Fsp3) is 0.235. The summed E-state index contributed by atoms with van der Waals surface area (Å²) in [5.41, 5.74) is 1.10. The Hall–Kier alpha value is -2.08. The lowest BCUT2D eigenvalue weighted by Gasteiger charge is -2.18. The van der Waals surface area contributed by atoms with Crippen LogP contribution >= 0.6 is 15.9 Å². The van der Waals surface area contributed by atoms with Gasteiger partial charge in [-0.05, 0) is 29.8 Å². The lowest BCUT2D eigenvalue weighted by molar-refractivity contribution is -0.144. The average Bonchev–Trinajstić information content (AvgIpc) is 2.54. The lowest BCUT2D eigenvalue weighted by atomic mass is 10.1. The number of esters is 1. The molecule has 0 saturated heterocycles. The fourth-order valence-electron chi connectivity index (χ4n) is 2.21. The maximum absolute atomic E-state index is 13.7. The highest BCUT2D eigenvalue weighted by molar-refractivity contribution is 9.10. The Morgan fingerprint density at radius 3 is 2.70 bits per heavy atom. The van der Waals surface area contributed by atoms with Crippen LogP contribution in [-0.2, 0) is 22.6 Å². The molecule has 0 unspecified atom stereocenters. The van der Waals surface area contributed by atoms with Crippen molar-refractivity contribution in [2.24, 2.45) is 0 Å². The monoisotopic (exact) mass is 380 g/mol. The van der Waals surface area contributed by atoms with Gasteiger partial charge in [-0.1, -0.05) is 28.1 Å². The molecular weight excluding hydrogens is 367 g/mol. The van der Waals surface area contributed by atoms with Crippen molar-refractivity contribution in [3.63, 3.8) is 0 Å². The van der Waals surface area contributed by atoms with Crippen LogP contribution in [0.4, 0.5) is 4.39 Å². The molecule has 0 amide bonds. The Morgan fingerprint density at radius 2 is 1.91 bits per heavy atom. The second kappa shape index (κ2) is 7.00. The summed E-state index contributed by atoms with van der Waals surface area (Å²) >= 11 is 3.18. The highest BCUT2D eigenvalue weighted by Gasteiger charge is 2.14. The number of ether oxygens (including phenoxy) is 3. The van der Waals surface area contributed by atoms with E-state index in [4.69, 9.17) is 14.2 Å². The lowest BCUT2D eigenvalue weighted by Crippen LogP contribution is -2.16. The van der Waals surface area contributed by atoms with E-state index in [1.54, 1.807) is 30.3 Å². The van der Waals surface area contributed by atoms with Gasteiger partial charge in [0, 0.05) is 10.0 Å². The van der Waals surface area contributed by atoms with Gasteiger partial charge in [-0.2, -0.15) is 0 Å². The van der Waals surface area contributed by atoms with Crippen LogP contribution in [0.3, 0.4) is 0 Å². The van der Waals surface area contributed by atoms with E-state index < -0.39 is 11.8 Å². The zero-order valence-corrected chi connectivity index (χ0v) is 13.8. The molecule has 0 radical (unpaired) electrons. The van der Waals surface area contributed by atoms with Crippen LogP contribution < -0.4 is 9.47 Å². The van der Waals surface area contributed by atoms with Crippen molar-refractivity contribution in [1.82, 2.24) is 0 Å². The summed E-state index contributed by atoms with van der Waals surface area (Å²) in [7, 11) is 0. The minimum absolute atomic E-state index is 0.0921. The molecule has 0 aromatic heterocycles. The quantitative estimate of drug-likeness (QED) is 0.759. The first kappa shape index (κ1) is 15.8. The van der Waals surface area contributed by atoms with Gasteiger partial charge in [-0.15, -0.1) is 0 Å². The Kier molecular flexibility index (Phi) is 4.81. The molecule has 2 aromatic rings. The SMILES string of the molecule is O=C(Cc1ccc2c(c1)OCCO2)OCc1ccc(Br)cc1F. The summed E-state index contributed by atoms with van der Waals surface area (Å²) in [5, 5.41) is 0. The van der Waals surface area contributed by atoms with Crippen LogP contribution in [0.2, 0.25) is 0 Å². The molecule has 6 heteroatoms. The molecule has 0 atom stereocenters. The first-order valence-corrected chi connectivity index (χ1v) is 7.89. The fourth-order valence-corrected chi connectivity index (χ4v) is 2.55. The van der Waals surface area contributed by atoms with Gasteiger partial charge < -0.3 is 14.2 Å². The molecule has 1 heterocycles. The van der Waals surface area contributed by atoms with E-state index in [0.717, 1.165) is 5.56 Å². The molecule has 0 saturated carbocycles. The summed E-state index contributed by atoms with van der Waals surface area (Å²) in [4.78, 5) is 11.9. The molecule has 0 bridgehead atoms. The van der Waals surface area contributed by atoms with Gasteiger partial charge in [-0.25, -0.2) is 4.39 Å². The Labute approximate surface area is 141 Å². The van der Waals surface area contributed by atoms with E-state index in [1.807, 2.05) is 0 Å². The molecule has 0 N–H and O–H groups in total. The van der Waals surface area contributed by atoms with Crippen LogP contribution in [0, 0.1) is 5.82 Å². The number of carbonyl (C=O) groups excluding carboxylic acids is 1. The minimum atomic E-state index is -0.427. The van der Waals surface area contributed by atoms with Gasteiger partial charge in [0.05, 0.1) is 6.42 Å². The van der Waals surface area contributed by atoms with Crippen molar-refractivity contribution in [2.75, 3.05) is 13.2 Å². The van der Waals surface area contributed by atoms with E-state index in [1.165, 1.54) is 6.07 Å². The zero-order valence-electron chi connectivity index (χ0n) is 12.2. The molecule has 120 valence electrons. The molecule has 0 aliphatic carbocycles. The number of hydrogen-bond acceptors (Lipinski definition) is 4. The van der Waals surface area contributed by atoms with Gasteiger partial charge in [0.2, 0.25) is 0 Å². The van der Waals surface area contributed by atoms with E-state index in [9.17, 15) is 9.18 Å². The molecule has 1 aliphatic rings. The number of rotatable bonds is 4. The third-order valence-electron chi connectivity index (χ3n) is 3.36. The predicted octanol–water partition coefficient (Wildman–Crippen LogP) is 3.65. The van der Waals surface area contributed by atoms with E-state index >= 15 is 0 Å². The van der Waals surface area contributed by atoms with Gasteiger partial charge >= 0.3 is 5.97 Å². The third-order valence-corrected chi connectivity index (χ3v) is 3.85. The third kappa shape index (κ3) is 4.01. The van der Waals surface area contributed by atoms with E-state index in [0.29, 0.717) is 34.7 Å². The maximum Gasteiger partial charge on any atom is 0.310 e. The Morgan fingerprint density at radius 1 is 1.13 bits per heavy atom. The normalized spacial score (nSPS) is 12.8. The summed E-state index contributed by atoms with van der Waals surface area (Å²) in [6.45, 7) is 0.916. The molecule has 1 aliphatic heterocycles. The second-order valence-electron chi connectivity index (χ2n) is 5.05. The Balaban J connectivity index is 1.59. The summed E-state index contributed by atoms with van der Waals surface area (Å²) in [6, 6.07) is 9.93. The highest BCUT2D eigenvalue weighted by Crippen LogP contribution is 2.30. The van der Waals surface area contributed by atoms with Crippen molar-refractivity contribution < 1.29 is 23.4 Å². The van der Waals surface area contributed by atoms with Gasteiger partial charge in [0.1, 0.15) is 25.6 Å². The molecule has 4 nitrogen and oxygen atoms in total. The first-order valence-electron chi connectivity index (χ1n) is 7.10. The molecule has 0 spiro atoms. The second-order valence-corrected chi connectivity index (χ2v) is 5.97. The van der Waals surface area contributed by atoms with Crippen molar-refractivity contribution in [1.29, 1.82) is 0 Å². The van der Waals surface area contributed by atoms with Crippen LogP contribution in [0.1, 0.15) is 11.1 Å². The van der Waals surface area contributed by atoms with Crippen molar-refractivity contribution in [3.05, 3.63) is 57.8 Å². The van der Waals surface area contributed by atoms with E-state index in [-0.39, 0.29) is 13.0 Å². The topological polar surface area (TPSA) is 44.8 Å². The smallest absolute Gasteiger partial charge is 0.310 e. The molecule has 0 fully saturated rings. The summed E-state index contributed by atoms with van der Waals surface area (Å²) in [5.74, 6) is 0.460. The van der Waals surface area contributed by atoms with Crippen LogP contribution in [0.25, 0.3) is 0 Å². The highest BCUT2D eigenvalue weighted by atomic mass is 79.9. The minimum Gasteiger partial charge on any atom is -0.486 e. The van der Waals surface area contributed by atoms with Crippen molar-refractivity contribution >= 4 is 21.9 Å². The number of carbonyl (C=O) groups is 1. The van der Waals surface area contributed by atoms with E-state index in [2.05, 4.69) is 15.9 Å². The largest absolute Gasteiger partial charge is 0.486 e. The maximum atomic E-state index is 13.7. The number of benzene rings is 2. The standard InChI is InChI=1S/C17H14BrFO4/c18-13-3-2-12(14(19)9-13)10-23-17(20)8-11-1-4-15-16(7-11)22-6-5-21-15/h1-4,7,9H,5-6,8,10H2. The number of halogens is 2. The van der Waals surface area contributed by atoms with Crippen LogP contribution in [0.5, 0.6) is 11.5 Å². The van der Waals surface area contributed by atoms with Crippen molar-refractivity contribution in [2.45, 2.75) is 13.0 Å². The molecular formula is C17H14BrFO4. The molecule has 23 heavy (non-hydrogen) atoms. The molecule has 3 rings (SSSR count). The average molecular weight is 381 g/mol. The number of fused-ring (bicyclic) bond motifs is 1. The molecule has 2 aromatic carbocycles. The summed E-state index contributed by atoms with van der Waals surface area (Å²) in [6.07, 6.45) is 0.0921. The predicted molar refractivity (Wildman–Crippen MR) is 85.0 cm³/mol. The van der Waals surface area contributed by atoms with Crippen LogP contribution in [0.15, 0.2) is 40.9 Å². The summed E-state index contributed by atoms with van der Waals surface area (Å²) < 4.78 is 30.3. The Bertz CT molecular complexity index is 733. The van der Waals surface area contributed by atoms with Gasteiger partial charge in [0.25, 0.3) is 0 Å². The number of hydrogen-bond donors (Lipinski definition) is 0. The van der Waals surface area contributed by atoms with Crippen LogP contribution in [-0.4, -0.2) is 19.2 Å². The van der Waals surface area contributed by atoms with Crippen molar-refractivity contribution in [3.8, 4) is 11.5 Å². The van der Waals surface area contributed by atoms with Gasteiger partial charge in [-0.3, -0.25) is 4.79 Å². The first-order chi connectivity index (χ1) is 11.1. The van der Waals surface area contributed by atoms with Gasteiger partial charge in [0.15, 0.2) is 11.5 Å². The zero-order chi connectivity index (χ0) is 16.2.